The molecule has 0 aromatic carbocycles. The Kier molecular flexibility index (Phi) is 2.41. The lowest BCUT2D eigenvalue weighted by Gasteiger charge is -2.36. The third kappa shape index (κ3) is 1.33. The van der Waals surface area contributed by atoms with E-state index in [0.717, 1.165) is 24.8 Å². The number of carbonyl (C=O) groups is 2. The minimum atomic E-state index is -0.483. The Labute approximate surface area is 89.5 Å². The average molecular weight is 208 g/mol. The Morgan fingerprint density at radius 1 is 1.60 bits per heavy atom. The van der Waals surface area contributed by atoms with Crippen LogP contribution in [0.25, 0.3) is 0 Å². The summed E-state index contributed by atoms with van der Waals surface area (Å²) < 4.78 is 4.91. The zero-order valence-corrected chi connectivity index (χ0v) is 9.21. The van der Waals surface area contributed by atoms with Gasteiger partial charge in [0.15, 0.2) is 5.78 Å². The van der Waals surface area contributed by atoms with Gasteiger partial charge in [-0.05, 0) is 36.8 Å². The third-order valence-corrected chi connectivity index (χ3v) is 3.82. The number of ketones is 1. The second-order valence-corrected chi connectivity index (χ2v) is 4.56. The Balaban J connectivity index is 2.46. The molecule has 0 radical (unpaired) electrons. The highest BCUT2D eigenvalue weighted by atomic mass is 16.5. The molecule has 2 rings (SSSR count). The largest absolute Gasteiger partial charge is 0.468 e. The second kappa shape index (κ2) is 3.47. The molecule has 2 unspecified atom stereocenters. The van der Waals surface area contributed by atoms with E-state index in [1.807, 2.05) is 6.92 Å². The van der Waals surface area contributed by atoms with E-state index in [2.05, 4.69) is 0 Å². The monoisotopic (exact) mass is 208 g/mol. The van der Waals surface area contributed by atoms with Crippen LogP contribution in [0.1, 0.15) is 32.6 Å². The lowest BCUT2D eigenvalue weighted by Crippen LogP contribution is -2.41. The van der Waals surface area contributed by atoms with Crippen LogP contribution in [0.2, 0.25) is 0 Å². The Bertz CT molecular complexity index is 343. The van der Waals surface area contributed by atoms with Crippen LogP contribution in [0.15, 0.2) is 11.6 Å². The highest BCUT2D eigenvalue weighted by Gasteiger charge is 2.52. The van der Waals surface area contributed by atoms with Crippen LogP contribution in [0.3, 0.4) is 0 Å². The summed E-state index contributed by atoms with van der Waals surface area (Å²) in [5.74, 6) is 0.0742. The fourth-order valence-corrected chi connectivity index (χ4v) is 3.05. The van der Waals surface area contributed by atoms with Crippen molar-refractivity contribution in [2.24, 2.45) is 11.3 Å². The summed E-state index contributed by atoms with van der Waals surface area (Å²) in [7, 11) is 1.43. The molecule has 2 aliphatic rings. The van der Waals surface area contributed by atoms with Gasteiger partial charge in [0, 0.05) is 6.42 Å². The SMILES string of the molecule is COC(=O)C12CCCC1=CC(=O)CC2C. The van der Waals surface area contributed by atoms with Gasteiger partial charge in [0.2, 0.25) is 0 Å². The van der Waals surface area contributed by atoms with Crippen molar-refractivity contribution in [2.45, 2.75) is 32.6 Å². The van der Waals surface area contributed by atoms with Crippen molar-refractivity contribution in [2.75, 3.05) is 7.11 Å². The molecule has 0 heterocycles. The van der Waals surface area contributed by atoms with Gasteiger partial charge in [-0.25, -0.2) is 0 Å². The van der Waals surface area contributed by atoms with Gasteiger partial charge in [0.25, 0.3) is 0 Å². The van der Waals surface area contributed by atoms with E-state index >= 15 is 0 Å². The minimum Gasteiger partial charge on any atom is -0.468 e. The molecule has 15 heavy (non-hydrogen) atoms. The number of carbonyl (C=O) groups excluding carboxylic acids is 2. The Hall–Kier alpha value is -1.12. The number of allylic oxidation sites excluding steroid dienone is 1. The van der Waals surface area contributed by atoms with Crippen LogP contribution in [0.4, 0.5) is 0 Å². The molecular formula is C12H16O3. The number of methoxy groups -OCH3 is 1. The molecule has 2 atom stereocenters. The van der Waals surface area contributed by atoms with Gasteiger partial charge < -0.3 is 4.74 Å². The summed E-state index contributed by atoms with van der Waals surface area (Å²) >= 11 is 0. The molecule has 0 saturated heterocycles. The van der Waals surface area contributed by atoms with Gasteiger partial charge in [-0.2, -0.15) is 0 Å². The Morgan fingerprint density at radius 3 is 3.00 bits per heavy atom. The number of fused-ring (bicyclic) bond motifs is 1. The lowest BCUT2D eigenvalue weighted by molar-refractivity contribution is -0.153. The van der Waals surface area contributed by atoms with Gasteiger partial charge >= 0.3 is 5.97 Å². The zero-order valence-electron chi connectivity index (χ0n) is 9.21. The van der Waals surface area contributed by atoms with Crippen molar-refractivity contribution >= 4 is 11.8 Å². The summed E-state index contributed by atoms with van der Waals surface area (Å²) in [5.41, 5.74) is 0.515. The van der Waals surface area contributed by atoms with Crippen molar-refractivity contribution < 1.29 is 14.3 Å². The molecule has 0 aromatic rings. The number of rotatable bonds is 1. The molecule has 3 nitrogen and oxygen atoms in total. The van der Waals surface area contributed by atoms with Gasteiger partial charge in [0.05, 0.1) is 12.5 Å². The van der Waals surface area contributed by atoms with Gasteiger partial charge in [-0.3, -0.25) is 9.59 Å². The maximum absolute atomic E-state index is 11.9. The molecule has 0 aromatic heterocycles. The summed E-state index contributed by atoms with van der Waals surface area (Å²) in [6.07, 6.45) is 4.83. The van der Waals surface area contributed by atoms with E-state index in [-0.39, 0.29) is 17.7 Å². The first-order valence-corrected chi connectivity index (χ1v) is 5.43. The highest BCUT2D eigenvalue weighted by Crippen LogP contribution is 2.52. The molecule has 0 N–H and O–H groups in total. The first-order chi connectivity index (χ1) is 7.11. The van der Waals surface area contributed by atoms with Gasteiger partial charge in [0.1, 0.15) is 0 Å². The fourth-order valence-electron chi connectivity index (χ4n) is 3.05. The topological polar surface area (TPSA) is 43.4 Å². The van der Waals surface area contributed by atoms with Gasteiger partial charge in [-0.15, -0.1) is 0 Å². The predicted octanol–water partition coefficient (Wildman–Crippen LogP) is 1.86. The van der Waals surface area contributed by atoms with Crippen molar-refractivity contribution in [3.05, 3.63) is 11.6 Å². The zero-order chi connectivity index (χ0) is 11.1. The van der Waals surface area contributed by atoms with E-state index < -0.39 is 5.41 Å². The Morgan fingerprint density at radius 2 is 2.33 bits per heavy atom. The van der Waals surface area contributed by atoms with Crippen LogP contribution in [0, 0.1) is 11.3 Å². The molecule has 1 saturated carbocycles. The van der Waals surface area contributed by atoms with E-state index in [1.165, 1.54) is 7.11 Å². The van der Waals surface area contributed by atoms with Crippen LogP contribution in [0.5, 0.6) is 0 Å². The van der Waals surface area contributed by atoms with Crippen molar-refractivity contribution in [1.29, 1.82) is 0 Å². The smallest absolute Gasteiger partial charge is 0.316 e. The molecule has 2 aliphatic carbocycles. The molecule has 0 spiro atoms. The number of hydrogen-bond donors (Lipinski definition) is 0. The molecule has 0 amide bonds. The third-order valence-electron chi connectivity index (χ3n) is 3.82. The maximum atomic E-state index is 11.9. The summed E-state index contributed by atoms with van der Waals surface area (Å²) in [4.78, 5) is 23.4. The summed E-state index contributed by atoms with van der Waals surface area (Å²) in [6, 6.07) is 0. The maximum Gasteiger partial charge on any atom is 0.316 e. The quantitative estimate of drug-likeness (QED) is 0.618. The van der Waals surface area contributed by atoms with E-state index in [1.54, 1.807) is 6.08 Å². The molecule has 3 heteroatoms. The molecule has 82 valence electrons. The first kappa shape index (κ1) is 10.4. The van der Waals surface area contributed by atoms with Crippen LogP contribution >= 0.6 is 0 Å². The van der Waals surface area contributed by atoms with E-state index in [4.69, 9.17) is 4.74 Å². The molecule has 1 fully saturated rings. The second-order valence-electron chi connectivity index (χ2n) is 4.56. The molecule has 0 aliphatic heterocycles. The standard InChI is InChI=1S/C12H16O3/c1-8-6-10(13)7-9-4-3-5-12(8,9)11(14)15-2/h7-8H,3-6H2,1-2H3. The normalized spacial score (nSPS) is 34.7. The van der Waals surface area contributed by atoms with Crippen molar-refractivity contribution in [1.82, 2.24) is 0 Å². The minimum absolute atomic E-state index is 0.0833. The number of hydrogen-bond acceptors (Lipinski definition) is 3. The van der Waals surface area contributed by atoms with E-state index in [9.17, 15) is 9.59 Å². The molecule has 0 bridgehead atoms. The predicted molar refractivity (Wildman–Crippen MR) is 55.2 cm³/mol. The number of ether oxygens (including phenoxy) is 1. The van der Waals surface area contributed by atoms with E-state index in [0.29, 0.717) is 6.42 Å². The van der Waals surface area contributed by atoms with Gasteiger partial charge in [-0.1, -0.05) is 6.92 Å². The van der Waals surface area contributed by atoms with Crippen molar-refractivity contribution in [3.63, 3.8) is 0 Å². The highest BCUT2D eigenvalue weighted by molar-refractivity contribution is 5.96. The fraction of sp³-hybridized carbons (Fsp3) is 0.667. The first-order valence-electron chi connectivity index (χ1n) is 5.43. The summed E-state index contributed by atoms with van der Waals surface area (Å²) in [5, 5.41) is 0. The van der Waals surface area contributed by atoms with Crippen LogP contribution in [-0.4, -0.2) is 18.9 Å². The van der Waals surface area contributed by atoms with Crippen LogP contribution in [-0.2, 0) is 14.3 Å². The summed E-state index contributed by atoms with van der Waals surface area (Å²) in [6.45, 7) is 1.98. The number of esters is 1. The molecular weight excluding hydrogens is 192 g/mol. The van der Waals surface area contributed by atoms with Crippen molar-refractivity contribution in [3.8, 4) is 0 Å². The van der Waals surface area contributed by atoms with Crippen LogP contribution < -0.4 is 0 Å². The lowest BCUT2D eigenvalue weighted by atomic mass is 9.67. The average Bonchev–Trinajstić information content (AvgIpc) is 2.61.